The summed E-state index contributed by atoms with van der Waals surface area (Å²) < 4.78 is 0. The molecule has 0 spiro atoms. The number of anilines is 2. The molecule has 0 amide bonds. The largest absolute Gasteiger partial charge is 0.508 e. The molecule has 2 heterocycles. The third-order valence-corrected chi connectivity index (χ3v) is 4.59. The van der Waals surface area contributed by atoms with E-state index in [1.54, 1.807) is 12.1 Å². The SMILES string of the molecule is Oc1ccc(Nc2ccnc3c2CN(Cc2ccccc2)CC3)cc1. The first kappa shape index (κ1) is 15.7. The summed E-state index contributed by atoms with van der Waals surface area (Å²) in [5.41, 5.74) is 5.83. The zero-order valence-electron chi connectivity index (χ0n) is 14.0. The van der Waals surface area contributed by atoms with Crippen molar-refractivity contribution in [2.75, 3.05) is 11.9 Å². The van der Waals surface area contributed by atoms with Crippen molar-refractivity contribution in [1.82, 2.24) is 9.88 Å². The number of pyridine rings is 1. The number of nitrogens with one attached hydrogen (secondary N) is 1. The van der Waals surface area contributed by atoms with Crippen LogP contribution in [0.2, 0.25) is 0 Å². The lowest BCUT2D eigenvalue weighted by molar-refractivity contribution is 0.244. The van der Waals surface area contributed by atoms with Crippen LogP contribution < -0.4 is 5.32 Å². The van der Waals surface area contributed by atoms with Crippen molar-refractivity contribution in [2.24, 2.45) is 0 Å². The predicted octanol–water partition coefficient (Wildman–Crippen LogP) is 4.09. The molecule has 0 fully saturated rings. The molecule has 0 atom stereocenters. The number of hydrogen-bond donors (Lipinski definition) is 2. The Labute approximate surface area is 147 Å². The van der Waals surface area contributed by atoms with Gasteiger partial charge in [0.1, 0.15) is 5.75 Å². The van der Waals surface area contributed by atoms with Crippen molar-refractivity contribution in [1.29, 1.82) is 0 Å². The van der Waals surface area contributed by atoms with Crippen LogP contribution in [-0.4, -0.2) is 21.5 Å². The molecule has 4 rings (SSSR count). The number of hydrogen-bond acceptors (Lipinski definition) is 4. The molecule has 25 heavy (non-hydrogen) atoms. The van der Waals surface area contributed by atoms with E-state index >= 15 is 0 Å². The number of fused-ring (bicyclic) bond motifs is 1. The summed E-state index contributed by atoms with van der Waals surface area (Å²) in [7, 11) is 0. The minimum Gasteiger partial charge on any atom is -0.508 e. The van der Waals surface area contributed by atoms with Gasteiger partial charge in [0.15, 0.2) is 0 Å². The highest BCUT2D eigenvalue weighted by molar-refractivity contribution is 5.64. The highest BCUT2D eigenvalue weighted by Gasteiger charge is 2.20. The molecular formula is C21H21N3O. The summed E-state index contributed by atoms with van der Waals surface area (Å²) in [4.78, 5) is 7.03. The van der Waals surface area contributed by atoms with Gasteiger partial charge in [0.2, 0.25) is 0 Å². The Morgan fingerprint density at radius 3 is 2.60 bits per heavy atom. The van der Waals surface area contributed by atoms with E-state index in [-0.39, 0.29) is 5.75 Å². The van der Waals surface area contributed by atoms with Gasteiger partial charge in [-0.25, -0.2) is 0 Å². The smallest absolute Gasteiger partial charge is 0.115 e. The summed E-state index contributed by atoms with van der Waals surface area (Å²) in [5, 5.41) is 12.9. The number of rotatable bonds is 4. The summed E-state index contributed by atoms with van der Waals surface area (Å²) in [5.74, 6) is 0.274. The molecule has 1 aliphatic heterocycles. The second-order valence-corrected chi connectivity index (χ2v) is 6.40. The Hall–Kier alpha value is -2.85. The molecule has 1 aliphatic rings. The monoisotopic (exact) mass is 331 g/mol. The highest BCUT2D eigenvalue weighted by Crippen LogP contribution is 2.28. The number of benzene rings is 2. The quantitative estimate of drug-likeness (QED) is 0.707. The van der Waals surface area contributed by atoms with Crippen molar-refractivity contribution in [2.45, 2.75) is 19.5 Å². The van der Waals surface area contributed by atoms with Gasteiger partial charge >= 0.3 is 0 Å². The van der Waals surface area contributed by atoms with Crippen molar-refractivity contribution in [3.63, 3.8) is 0 Å². The Morgan fingerprint density at radius 1 is 1.00 bits per heavy atom. The number of aromatic nitrogens is 1. The molecule has 126 valence electrons. The van der Waals surface area contributed by atoms with Gasteiger partial charge in [-0.15, -0.1) is 0 Å². The fourth-order valence-electron chi connectivity index (χ4n) is 3.29. The first-order chi connectivity index (χ1) is 12.3. The normalized spacial score (nSPS) is 14.1. The lowest BCUT2D eigenvalue weighted by Crippen LogP contribution is -2.31. The number of phenolic OH excluding ortho intramolecular Hbond substituents is 1. The summed E-state index contributed by atoms with van der Waals surface area (Å²) in [6.45, 7) is 2.86. The van der Waals surface area contributed by atoms with E-state index in [1.165, 1.54) is 16.8 Å². The average Bonchev–Trinajstić information content (AvgIpc) is 2.65. The molecule has 0 saturated carbocycles. The first-order valence-corrected chi connectivity index (χ1v) is 8.57. The lowest BCUT2D eigenvalue weighted by atomic mass is 10.0. The molecule has 0 unspecified atom stereocenters. The zero-order chi connectivity index (χ0) is 17.1. The topological polar surface area (TPSA) is 48.4 Å². The Kier molecular flexibility index (Phi) is 4.36. The maximum absolute atomic E-state index is 9.45. The molecular weight excluding hydrogens is 310 g/mol. The van der Waals surface area contributed by atoms with E-state index in [0.717, 1.165) is 37.4 Å². The van der Waals surface area contributed by atoms with E-state index in [1.807, 2.05) is 24.4 Å². The molecule has 0 radical (unpaired) electrons. The molecule has 2 aromatic carbocycles. The Morgan fingerprint density at radius 2 is 1.80 bits per heavy atom. The van der Waals surface area contributed by atoms with E-state index < -0.39 is 0 Å². The molecule has 0 saturated heterocycles. The maximum atomic E-state index is 9.45. The lowest BCUT2D eigenvalue weighted by Gasteiger charge is -2.29. The third kappa shape index (κ3) is 3.64. The second kappa shape index (κ2) is 6.95. The molecule has 3 aromatic rings. The van der Waals surface area contributed by atoms with Crippen LogP contribution in [0.1, 0.15) is 16.8 Å². The first-order valence-electron chi connectivity index (χ1n) is 8.57. The van der Waals surface area contributed by atoms with Crippen LogP contribution in [0.15, 0.2) is 66.9 Å². The minimum absolute atomic E-state index is 0.274. The van der Waals surface area contributed by atoms with Crippen LogP contribution in [-0.2, 0) is 19.5 Å². The van der Waals surface area contributed by atoms with Crippen LogP contribution in [0.3, 0.4) is 0 Å². The molecule has 4 heteroatoms. The van der Waals surface area contributed by atoms with Gasteiger partial charge in [-0.3, -0.25) is 9.88 Å². The van der Waals surface area contributed by atoms with Gasteiger partial charge in [-0.1, -0.05) is 30.3 Å². The number of aromatic hydroxyl groups is 1. The summed E-state index contributed by atoms with van der Waals surface area (Å²) in [6.07, 6.45) is 2.84. The van der Waals surface area contributed by atoms with Crippen LogP contribution in [0.5, 0.6) is 5.75 Å². The summed E-state index contributed by atoms with van der Waals surface area (Å²) >= 11 is 0. The number of phenols is 1. The fourth-order valence-corrected chi connectivity index (χ4v) is 3.29. The maximum Gasteiger partial charge on any atom is 0.115 e. The van der Waals surface area contributed by atoms with E-state index in [4.69, 9.17) is 0 Å². The summed E-state index contributed by atoms with van der Waals surface area (Å²) in [6, 6.07) is 19.8. The van der Waals surface area contributed by atoms with Crippen molar-refractivity contribution < 1.29 is 5.11 Å². The number of nitrogens with zero attached hydrogens (tertiary/aromatic N) is 2. The average molecular weight is 331 g/mol. The van der Waals surface area contributed by atoms with Gasteiger partial charge in [0.25, 0.3) is 0 Å². The van der Waals surface area contributed by atoms with Crippen LogP contribution in [0.25, 0.3) is 0 Å². The van der Waals surface area contributed by atoms with Gasteiger partial charge in [0, 0.05) is 54.9 Å². The zero-order valence-corrected chi connectivity index (χ0v) is 14.0. The van der Waals surface area contributed by atoms with E-state index in [2.05, 4.69) is 45.5 Å². The molecule has 2 N–H and O–H groups in total. The van der Waals surface area contributed by atoms with Gasteiger partial charge in [-0.2, -0.15) is 0 Å². The van der Waals surface area contributed by atoms with Gasteiger partial charge < -0.3 is 10.4 Å². The molecule has 0 bridgehead atoms. The second-order valence-electron chi connectivity index (χ2n) is 6.40. The van der Waals surface area contributed by atoms with Crippen LogP contribution in [0.4, 0.5) is 11.4 Å². The van der Waals surface area contributed by atoms with Crippen molar-refractivity contribution >= 4 is 11.4 Å². The third-order valence-electron chi connectivity index (χ3n) is 4.59. The van der Waals surface area contributed by atoms with E-state index in [9.17, 15) is 5.11 Å². The van der Waals surface area contributed by atoms with E-state index in [0.29, 0.717) is 0 Å². The predicted molar refractivity (Wildman–Crippen MR) is 99.9 cm³/mol. The standard InChI is InChI=1S/C21H21N3O/c25-18-8-6-17(7-9-18)23-21-10-12-22-20-11-13-24(15-19(20)21)14-16-4-2-1-3-5-16/h1-10,12,25H,11,13-15H2,(H,22,23). The Balaban J connectivity index is 1.55. The van der Waals surface area contributed by atoms with Gasteiger partial charge in [-0.05, 0) is 35.9 Å². The Bertz CT molecular complexity index is 847. The minimum atomic E-state index is 0.274. The van der Waals surface area contributed by atoms with Crippen LogP contribution >= 0.6 is 0 Å². The molecule has 1 aromatic heterocycles. The van der Waals surface area contributed by atoms with Crippen molar-refractivity contribution in [3.05, 3.63) is 83.7 Å². The van der Waals surface area contributed by atoms with Crippen molar-refractivity contribution in [3.8, 4) is 5.75 Å². The fraction of sp³-hybridized carbons (Fsp3) is 0.190. The van der Waals surface area contributed by atoms with Gasteiger partial charge in [0.05, 0.1) is 0 Å². The highest BCUT2D eigenvalue weighted by atomic mass is 16.3. The molecule has 0 aliphatic carbocycles. The molecule has 4 nitrogen and oxygen atoms in total. The van der Waals surface area contributed by atoms with Crippen LogP contribution in [0, 0.1) is 0 Å².